The Balaban J connectivity index is 1.45. The maximum atomic E-state index is 5.43. The van der Waals surface area contributed by atoms with E-state index in [1.165, 1.54) is 38.5 Å². The van der Waals surface area contributed by atoms with Crippen LogP contribution < -0.4 is 10.6 Å². The number of aliphatic imine (C=N–C) groups is 1. The van der Waals surface area contributed by atoms with Gasteiger partial charge in [0.2, 0.25) is 0 Å². The third-order valence-corrected chi connectivity index (χ3v) is 5.61. The smallest absolute Gasteiger partial charge is 0.191 e. The average Bonchev–Trinajstić information content (AvgIpc) is 3.34. The molecule has 2 atom stereocenters. The second-order valence-corrected chi connectivity index (χ2v) is 7.32. The van der Waals surface area contributed by atoms with Crippen molar-refractivity contribution >= 4 is 5.96 Å². The Hall–Kier alpha value is -0.770. The van der Waals surface area contributed by atoms with Crippen molar-refractivity contribution in [3.05, 3.63) is 0 Å². The Kier molecular flexibility index (Phi) is 5.99. The second kappa shape index (κ2) is 8.19. The molecule has 4 heteroatoms. The van der Waals surface area contributed by atoms with Gasteiger partial charge in [0.1, 0.15) is 0 Å². The summed E-state index contributed by atoms with van der Waals surface area (Å²) in [6, 6.07) is 0.676. The quantitative estimate of drug-likeness (QED) is 0.606. The fourth-order valence-corrected chi connectivity index (χ4v) is 4.11. The van der Waals surface area contributed by atoms with E-state index in [4.69, 9.17) is 9.73 Å². The van der Waals surface area contributed by atoms with Gasteiger partial charge in [-0.1, -0.05) is 32.1 Å². The fourth-order valence-electron chi connectivity index (χ4n) is 4.11. The zero-order valence-electron chi connectivity index (χ0n) is 14.2. The molecule has 0 aromatic carbocycles. The molecule has 2 saturated carbocycles. The summed E-state index contributed by atoms with van der Waals surface area (Å²) in [6.45, 7) is 5.87. The Bertz CT molecular complexity index is 359. The van der Waals surface area contributed by atoms with Gasteiger partial charge >= 0.3 is 0 Å². The van der Waals surface area contributed by atoms with Gasteiger partial charge in [0.05, 0.1) is 0 Å². The summed E-state index contributed by atoms with van der Waals surface area (Å²) in [7, 11) is 0. The minimum absolute atomic E-state index is 0.676. The second-order valence-electron chi connectivity index (χ2n) is 7.32. The van der Waals surface area contributed by atoms with Crippen LogP contribution in [0.1, 0.15) is 58.3 Å². The number of hydrogen-bond donors (Lipinski definition) is 2. The number of guanidine groups is 1. The number of hydrogen-bond acceptors (Lipinski definition) is 2. The Morgan fingerprint density at radius 1 is 1.09 bits per heavy atom. The Labute approximate surface area is 135 Å². The highest BCUT2D eigenvalue weighted by Gasteiger charge is 2.43. The summed E-state index contributed by atoms with van der Waals surface area (Å²) in [5.41, 5.74) is 0. The van der Waals surface area contributed by atoms with Crippen LogP contribution in [0.15, 0.2) is 4.99 Å². The molecule has 22 heavy (non-hydrogen) atoms. The molecular formula is C18H33N3O. The van der Waals surface area contributed by atoms with Crippen LogP contribution in [0.5, 0.6) is 0 Å². The lowest BCUT2D eigenvalue weighted by Gasteiger charge is -2.22. The first-order valence-electron chi connectivity index (χ1n) is 9.49. The minimum atomic E-state index is 0.676. The van der Waals surface area contributed by atoms with Crippen molar-refractivity contribution in [2.24, 2.45) is 22.7 Å². The van der Waals surface area contributed by atoms with Crippen LogP contribution in [0.3, 0.4) is 0 Å². The van der Waals surface area contributed by atoms with Crippen molar-refractivity contribution in [2.45, 2.75) is 64.3 Å². The van der Waals surface area contributed by atoms with Crippen LogP contribution in [0, 0.1) is 17.8 Å². The molecule has 0 bridgehead atoms. The van der Waals surface area contributed by atoms with Gasteiger partial charge in [0.15, 0.2) is 5.96 Å². The monoisotopic (exact) mass is 307 g/mol. The third-order valence-electron chi connectivity index (χ3n) is 5.61. The minimum Gasteiger partial charge on any atom is -0.381 e. The normalized spacial score (nSPS) is 31.0. The van der Waals surface area contributed by atoms with Crippen LogP contribution in [-0.2, 0) is 4.74 Å². The maximum Gasteiger partial charge on any atom is 0.191 e. The largest absolute Gasteiger partial charge is 0.381 e. The van der Waals surface area contributed by atoms with Gasteiger partial charge in [-0.05, 0) is 43.9 Å². The van der Waals surface area contributed by atoms with Crippen molar-refractivity contribution in [3.63, 3.8) is 0 Å². The first-order chi connectivity index (χ1) is 10.9. The molecule has 0 radical (unpaired) electrons. The van der Waals surface area contributed by atoms with Gasteiger partial charge in [-0.25, -0.2) is 0 Å². The lowest BCUT2D eigenvalue weighted by molar-refractivity contribution is 0.0689. The highest BCUT2D eigenvalue weighted by atomic mass is 16.5. The van der Waals surface area contributed by atoms with E-state index in [9.17, 15) is 0 Å². The highest BCUT2D eigenvalue weighted by molar-refractivity contribution is 5.80. The lowest BCUT2D eigenvalue weighted by Crippen LogP contribution is -2.40. The summed E-state index contributed by atoms with van der Waals surface area (Å²) in [5.74, 6) is 3.63. The van der Waals surface area contributed by atoms with E-state index < -0.39 is 0 Å². The number of nitrogens with one attached hydrogen (secondary N) is 2. The average molecular weight is 307 g/mol. The molecule has 0 amide bonds. The summed E-state index contributed by atoms with van der Waals surface area (Å²) >= 11 is 0. The van der Waals surface area contributed by atoms with Crippen LogP contribution in [-0.4, -0.2) is 38.3 Å². The summed E-state index contributed by atoms with van der Waals surface area (Å²) in [5, 5.41) is 7.11. The molecular weight excluding hydrogens is 274 g/mol. The molecule has 2 N–H and O–H groups in total. The highest BCUT2D eigenvalue weighted by Crippen LogP contribution is 2.44. The lowest BCUT2D eigenvalue weighted by atomic mass is 9.85. The zero-order chi connectivity index (χ0) is 15.2. The van der Waals surface area contributed by atoms with Crippen molar-refractivity contribution in [1.82, 2.24) is 10.6 Å². The molecule has 0 aromatic heterocycles. The predicted molar refractivity (Wildman–Crippen MR) is 91.1 cm³/mol. The molecule has 3 fully saturated rings. The van der Waals surface area contributed by atoms with Gasteiger partial charge in [0, 0.05) is 32.3 Å². The van der Waals surface area contributed by atoms with Crippen molar-refractivity contribution < 1.29 is 4.74 Å². The molecule has 3 aliphatic rings. The van der Waals surface area contributed by atoms with E-state index >= 15 is 0 Å². The van der Waals surface area contributed by atoms with Gasteiger partial charge in [-0.3, -0.25) is 4.99 Å². The van der Waals surface area contributed by atoms with Crippen LogP contribution in [0.2, 0.25) is 0 Å². The van der Waals surface area contributed by atoms with E-state index in [-0.39, 0.29) is 0 Å². The molecule has 1 aliphatic heterocycles. The molecule has 1 saturated heterocycles. The van der Waals surface area contributed by atoms with Gasteiger partial charge in [0.25, 0.3) is 0 Å². The van der Waals surface area contributed by atoms with Gasteiger partial charge in [-0.2, -0.15) is 0 Å². The molecule has 1 heterocycles. The molecule has 0 spiro atoms. The molecule has 2 aliphatic carbocycles. The van der Waals surface area contributed by atoms with Gasteiger partial charge in [-0.15, -0.1) is 0 Å². The number of rotatable bonds is 5. The van der Waals surface area contributed by atoms with Gasteiger partial charge < -0.3 is 15.4 Å². The molecule has 126 valence electrons. The SMILES string of the molecule is CCNC(=NCC1CCOCC1)NC1CC1C1CCCCC1. The van der Waals surface area contributed by atoms with E-state index in [1.54, 1.807) is 0 Å². The number of ether oxygens (including phenoxy) is 1. The predicted octanol–water partition coefficient (Wildman–Crippen LogP) is 2.94. The van der Waals surface area contributed by atoms with Crippen molar-refractivity contribution in [2.75, 3.05) is 26.3 Å². The van der Waals surface area contributed by atoms with E-state index in [2.05, 4.69) is 17.6 Å². The van der Waals surface area contributed by atoms with Crippen molar-refractivity contribution in [1.29, 1.82) is 0 Å². The summed E-state index contributed by atoms with van der Waals surface area (Å²) < 4.78 is 5.43. The molecule has 0 aromatic rings. The summed E-state index contributed by atoms with van der Waals surface area (Å²) in [6.07, 6.45) is 11.0. The van der Waals surface area contributed by atoms with Crippen LogP contribution in [0.4, 0.5) is 0 Å². The van der Waals surface area contributed by atoms with E-state index in [0.29, 0.717) is 12.0 Å². The first kappa shape index (κ1) is 16.1. The molecule has 3 rings (SSSR count). The standard InChI is InChI=1S/C18H33N3O/c1-2-19-18(20-13-14-8-10-22-11-9-14)21-17-12-16(17)15-6-4-3-5-7-15/h14-17H,2-13H2,1H3,(H2,19,20,21). The van der Waals surface area contributed by atoms with Crippen molar-refractivity contribution in [3.8, 4) is 0 Å². The number of nitrogens with zero attached hydrogens (tertiary/aromatic N) is 1. The fraction of sp³-hybridized carbons (Fsp3) is 0.944. The first-order valence-corrected chi connectivity index (χ1v) is 9.49. The Morgan fingerprint density at radius 2 is 1.86 bits per heavy atom. The van der Waals surface area contributed by atoms with Crippen LogP contribution in [0.25, 0.3) is 0 Å². The maximum absolute atomic E-state index is 5.43. The Morgan fingerprint density at radius 3 is 2.59 bits per heavy atom. The summed E-state index contributed by atoms with van der Waals surface area (Å²) in [4.78, 5) is 4.84. The molecule has 4 nitrogen and oxygen atoms in total. The van der Waals surface area contributed by atoms with E-state index in [1.807, 2.05) is 0 Å². The molecule has 2 unspecified atom stereocenters. The van der Waals surface area contributed by atoms with Crippen LogP contribution >= 0.6 is 0 Å². The zero-order valence-corrected chi connectivity index (χ0v) is 14.2. The third kappa shape index (κ3) is 4.61. The topological polar surface area (TPSA) is 45.7 Å². The van der Waals surface area contributed by atoms with E-state index in [0.717, 1.165) is 56.9 Å².